The number of thiocarbonyl (C=S) groups is 1. The molecule has 0 aliphatic carbocycles. The number of unbranched alkanes of at least 4 members (excludes halogenated alkanes) is 1. The van der Waals surface area contributed by atoms with Gasteiger partial charge in [-0.15, -0.1) is 18.3 Å². The van der Waals surface area contributed by atoms with Gasteiger partial charge in [-0.3, -0.25) is 9.69 Å². The Morgan fingerprint density at radius 1 is 1.05 bits per heavy atom. The number of carbonyl (C=O) groups excluding carboxylic acids is 1. The molecule has 3 aromatic carbocycles. The van der Waals surface area contributed by atoms with Crippen molar-refractivity contribution in [2.24, 2.45) is 4.99 Å². The minimum atomic E-state index is -4.74. The summed E-state index contributed by atoms with van der Waals surface area (Å²) in [4.78, 5) is 23.2. The third-order valence-corrected chi connectivity index (χ3v) is 7.99. The van der Waals surface area contributed by atoms with Crippen molar-refractivity contribution >= 4 is 45.9 Å². The second-order valence-electron chi connectivity index (χ2n) is 10.1. The molecule has 5 rings (SSSR count). The monoisotopic (exact) mass is 638 g/mol. The molecule has 1 aliphatic heterocycles. The molecule has 0 radical (unpaired) electrons. The van der Waals surface area contributed by atoms with Crippen LogP contribution in [-0.4, -0.2) is 49.6 Å². The van der Waals surface area contributed by atoms with Crippen LogP contribution in [0.25, 0.3) is 17.1 Å². The van der Waals surface area contributed by atoms with Crippen molar-refractivity contribution in [2.75, 3.05) is 17.2 Å². The summed E-state index contributed by atoms with van der Waals surface area (Å²) in [5.74, 6) is 0.539. The van der Waals surface area contributed by atoms with Gasteiger partial charge in [0.15, 0.2) is 16.1 Å². The van der Waals surface area contributed by atoms with Gasteiger partial charge in [-0.1, -0.05) is 54.2 Å². The highest BCUT2D eigenvalue weighted by Gasteiger charge is 2.32. The van der Waals surface area contributed by atoms with Crippen LogP contribution in [0.5, 0.6) is 5.75 Å². The first-order chi connectivity index (χ1) is 21.1. The Morgan fingerprint density at radius 2 is 1.75 bits per heavy atom. The van der Waals surface area contributed by atoms with E-state index in [4.69, 9.17) is 12.2 Å². The first kappa shape index (κ1) is 31.2. The van der Waals surface area contributed by atoms with E-state index in [0.29, 0.717) is 34.1 Å². The van der Waals surface area contributed by atoms with Crippen molar-refractivity contribution in [2.45, 2.75) is 39.5 Å². The molecule has 0 spiro atoms. The molecule has 1 N–H and O–H groups in total. The standard InChI is InChI=1S/C31H29F3N6O2S2/c1-20-6-5-7-21(2)27(20)40-26(41)18-44-30(40)37-29(43)35-17-4-3-8-22-9-11-23(12-10-22)28-36-19-39(38-28)24-13-15-25(16-14-24)42-31(32,33)34/h5-7,9-16,19H,3-4,8,17-18H2,1-2H3,(H,35,43)/b37-30-. The second-order valence-corrected chi connectivity index (χ2v) is 11.4. The van der Waals surface area contributed by atoms with Crippen LogP contribution in [0, 0.1) is 13.8 Å². The molecule has 1 amide bonds. The number of halogens is 3. The molecule has 8 nitrogen and oxygen atoms in total. The summed E-state index contributed by atoms with van der Waals surface area (Å²) >= 11 is 6.84. The number of amides is 1. The lowest BCUT2D eigenvalue weighted by molar-refractivity contribution is -0.274. The SMILES string of the molecule is Cc1cccc(C)c1N1C(=O)CS/C1=N\C(=S)NCCCCc1ccc(-c2ncn(-c3ccc(OC(F)(F)F)cc3)n2)cc1. The van der Waals surface area contributed by atoms with E-state index in [9.17, 15) is 18.0 Å². The molecule has 2 heterocycles. The third-order valence-electron chi connectivity index (χ3n) is 6.83. The van der Waals surface area contributed by atoms with Crippen molar-refractivity contribution < 1.29 is 22.7 Å². The highest BCUT2D eigenvalue weighted by atomic mass is 32.2. The van der Waals surface area contributed by atoms with Crippen LogP contribution in [0.2, 0.25) is 0 Å². The molecule has 0 bridgehead atoms. The van der Waals surface area contributed by atoms with Crippen LogP contribution in [-0.2, 0) is 11.2 Å². The number of anilines is 1. The van der Waals surface area contributed by atoms with Crippen molar-refractivity contribution in [1.82, 2.24) is 20.1 Å². The molecular weight excluding hydrogens is 610 g/mol. The molecule has 13 heteroatoms. The van der Waals surface area contributed by atoms with Gasteiger partial charge in [0.05, 0.1) is 17.1 Å². The number of hydrogen-bond donors (Lipinski definition) is 1. The second kappa shape index (κ2) is 13.6. The van der Waals surface area contributed by atoms with Crippen LogP contribution in [0.3, 0.4) is 0 Å². The summed E-state index contributed by atoms with van der Waals surface area (Å²) in [5, 5.41) is 8.59. The summed E-state index contributed by atoms with van der Waals surface area (Å²) in [7, 11) is 0. The number of aliphatic imine (C=N–C) groups is 1. The number of aromatic nitrogens is 3. The predicted molar refractivity (Wildman–Crippen MR) is 170 cm³/mol. The molecule has 4 aromatic rings. The lowest BCUT2D eigenvalue weighted by atomic mass is 10.1. The van der Waals surface area contributed by atoms with Gasteiger partial charge in [-0.2, -0.15) is 4.99 Å². The topological polar surface area (TPSA) is 84.6 Å². The van der Waals surface area contributed by atoms with Gasteiger partial charge >= 0.3 is 6.36 Å². The van der Waals surface area contributed by atoms with Gasteiger partial charge in [-0.25, -0.2) is 9.67 Å². The molecule has 1 aromatic heterocycles. The molecular formula is C31H29F3N6O2S2. The Bertz CT molecular complexity index is 1650. The maximum Gasteiger partial charge on any atom is 0.573 e. The van der Waals surface area contributed by atoms with E-state index in [-0.39, 0.29) is 11.7 Å². The Balaban J connectivity index is 1.08. The van der Waals surface area contributed by atoms with Gasteiger partial charge < -0.3 is 10.1 Å². The molecule has 1 saturated heterocycles. The van der Waals surface area contributed by atoms with Crippen LogP contribution < -0.4 is 15.0 Å². The summed E-state index contributed by atoms with van der Waals surface area (Å²) in [5.41, 5.74) is 5.45. The molecule has 1 fully saturated rings. The zero-order valence-corrected chi connectivity index (χ0v) is 25.6. The fourth-order valence-corrected chi connectivity index (χ4v) is 5.85. The first-order valence-electron chi connectivity index (χ1n) is 13.8. The van der Waals surface area contributed by atoms with Crippen LogP contribution in [0.4, 0.5) is 18.9 Å². The highest BCUT2D eigenvalue weighted by Crippen LogP contribution is 2.32. The molecule has 0 atom stereocenters. The first-order valence-corrected chi connectivity index (χ1v) is 15.2. The molecule has 228 valence electrons. The Labute approximate surface area is 262 Å². The number of ether oxygens (including phenoxy) is 1. The molecule has 44 heavy (non-hydrogen) atoms. The number of carbonyl (C=O) groups is 1. The molecule has 1 aliphatic rings. The smallest absolute Gasteiger partial charge is 0.406 e. The van der Waals surface area contributed by atoms with E-state index in [2.05, 4.69) is 25.1 Å². The van der Waals surface area contributed by atoms with Crippen molar-refractivity contribution in [3.8, 4) is 22.8 Å². The highest BCUT2D eigenvalue weighted by molar-refractivity contribution is 8.15. The number of rotatable bonds is 9. The Kier molecular flexibility index (Phi) is 9.64. The van der Waals surface area contributed by atoms with E-state index >= 15 is 0 Å². The average molecular weight is 639 g/mol. The molecule has 0 saturated carbocycles. The molecule has 0 unspecified atom stereocenters. The number of nitrogens with one attached hydrogen (secondary N) is 1. The van der Waals surface area contributed by atoms with E-state index in [0.717, 1.165) is 41.6 Å². The van der Waals surface area contributed by atoms with Gasteiger partial charge in [0, 0.05) is 12.1 Å². The maximum absolute atomic E-state index is 12.6. The number of amidine groups is 1. The van der Waals surface area contributed by atoms with Crippen molar-refractivity contribution in [1.29, 1.82) is 0 Å². The average Bonchev–Trinajstić information content (AvgIpc) is 3.60. The number of hydrogen-bond acceptors (Lipinski definition) is 6. The summed E-state index contributed by atoms with van der Waals surface area (Å²) < 4.78 is 42.6. The third kappa shape index (κ3) is 7.83. The minimum Gasteiger partial charge on any atom is -0.406 e. The fourth-order valence-electron chi connectivity index (χ4n) is 4.74. The van der Waals surface area contributed by atoms with E-state index < -0.39 is 6.36 Å². The largest absolute Gasteiger partial charge is 0.573 e. The summed E-state index contributed by atoms with van der Waals surface area (Å²) in [6.07, 6.45) is -0.527. The Hall–Kier alpha value is -4.23. The maximum atomic E-state index is 12.6. The number of benzene rings is 3. The number of nitrogens with zero attached hydrogens (tertiary/aromatic N) is 5. The minimum absolute atomic E-state index is 0.00255. The van der Waals surface area contributed by atoms with Gasteiger partial charge in [0.1, 0.15) is 12.1 Å². The predicted octanol–water partition coefficient (Wildman–Crippen LogP) is 6.78. The zero-order valence-electron chi connectivity index (χ0n) is 24.0. The van der Waals surface area contributed by atoms with Crippen LogP contribution in [0.1, 0.15) is 29.5 Å². The van der Waals surface area contributed by atoms with Gasteiger partial charge in [0.25, 0.3) is 0 Å². The van der Waals surface area contributed by atoms with Crippen LogP contribution >= 0.6 is 24.0 Å². The van der Waals surface area contributed by atoms with E-state index in [1.165, 1.54) is 52.6 Å². The lowest BCUT2D eigenvalue weighted by Crippen LogP contribution is -2.32. The fraction of sp³-hybridized carbons (Fsp3) is 0.258. The lowest BCUT2D eigenvalue weighted by Gasteiger charge is -2.21. The van der Waals surface area contributed by atoms with Crippen molar-refractivity contribution in [3.05, 3.63) is 89.7 Å². The van der Waals surface area contributed by atoms with E-state index in [1.54, 1.807) is 4.90 Å². The van der Waals surface area contributed by atoms with Crippen LogP contribution in [0.15, 0.2) is 78.0 Å². The van der Waals surface area contributed by atoms with Crippen molar-refractivity contribution in [3.63, 3.8) is 0 Å². The number of alkyl halides is 3. The van der Waals surface area contributed by atoms with Gasteiger partial charge in [-0.05, 0) is 86.3 Å². The van der Waals surface area contributed by atoms with E-state index in [1.807, 2.05) is 56.3 Å². The quantitative estimate of drug-likeness (QED) is 0.160. The summed E-state index contributed by atoms with van der Waals surface area (Å²) in [6, 6.07) is 19.3. The Morgan fingerprint density at radius 3 is 2.43 bits per heavy atom. The number of para-hydroxylation sites is 1. The summed E-state index contributed by atoms with van der Waals surface area (Å²) in [6.45, 7) is 4.63. The number of aryl methyl sites for hydroxylation is 3. The zero-order chi connectivity index (χ0) is 31.3. The van der Waals surface area contributed by atoms with Gasteiger partial charge in [0.2, 0.25) is 5.91 Å². The normalized spacial score (nSPS) is 14.3. The number of thioether (sulfide) groups is 1.